The molecule has 0 saturated heterocycles. The molecule has 1 rings (SSSR count). The van der Waals surface area contributed by atoms with Crippen molar-refractivity contribution in [2.24, 2.45) is 0 Å². The van der Waals surface area contributed by atoms with Gasteiger partial charge in [0.1, 0.15) is 0 Å². The smallest absolute Gasteiger partial charge is 0.0625 e. The molecule has 50 valence electrons. The highest BCUT2D eigenvalue weighted by Crippen LogP contribution is 2.00. The Balaban J connectivity index is 2.80. The van der Waals surface area contributed by atoms with Crippen molar-refractivity contribution < 1.29 is 2.74 Å². The summed E-state index contributed by atoms with van der Waals surface area (Å²) in [6.45, 7) is 0. The van der Waals surface area contributed by atoms with Gasteiger partial charge in [-0.25, -0.2) is 0 Å². The van der Waals surface area contributed by atoms with Crippen LogP contribution in [0, 0.1) is 11.3 Å². The Bertz CT molecular complexity index is 278. The molecule has 1 nitrogen and oxygen atoms in total. The summed E-state index contributed by atoms with van der Waals surface area (Å²) in [7, 11) is 0. The standard InChI is InChI=1S/C9H9N/c10-8-4-7-9-5-2-1-3-6-9/h1-3,5-6H,4,7H2/i4D,7D. The molecule has 0 fully saturated rings. The first-order valence-corrected chi connectivity index (χ1v) is 3.04. The Morgan fingerprint density at radius 2 is 2.10 bits per heavy atom. The van der Waals surface area contributed by atoms with E-state index < -0.39 is 12.8 Å². The molecule has 0 spiro atoms. The fraction of sp³-hybridized carbons (Fsp3) is 0.222. The molecule has 0 amide bonds. The van der Waals surface area contributed by atoms with Crippen LogP contribution in [0.2, 0.25) is 0 Å². The van der Waals surface area contributed by atoms with E-state index in [1.165, 1.54) is 0 Å². The Kier molecular flexibility index (Phi) is 1.66. The van der Waals surface area contributed by atoms with Crippen LogP contribution in [-0.2, 0) is 6.40 Å². The molecule has 0 aliphatic rings. The van der Waals surface area contributed by atoms with Crippen molar-refractivity contribution >= 4 is 0 Å². The van der Waals surface area contributed by atoms with Crippen molar-refractivity contribution in [3.8, 4) is 6.07 Å². The highest BCUT2D eigenvalue weighted by molar-refractivity contribution is 5.15. The second-order valence-corrected chi connectivity index (χ2v) is 1.87. The minimum Gasteiger partial charge on any atom is -0.198 e. The van der Waals surface area contributed by atoms with Crippen molar-refractivity contribution in [2.75, 3.05) is 0 Å². The molecule has 2 atom stereocenters. The zero-order valence-electron chi connectivity index (χ0n) is 7.49. The number of hydrogen-bond acceptors (Lipinski definition) is 1. The first-order valence-electron chi connectivity index (χ1n) is 4.20. The maximum Gasteiger partial charge on any atom is 0.0625 e. The Morgan fingerprint density at radius 3 is 2.70 bits per heavy atom. The molecule has 1 aromatic carbocycles. The van der Waals surface area contributed by atoms with Crippen molar-refractivity contribution in [2.45, 2.75) is 12.8 Å². The van der Waals surface area contributed by atoms with Crippen molar-refractivity contribution in [3.63, 3.8) is 0 Å². The van der Waals surface area contributed by atoms with Gasteiger partial charge in [-0.15, -0.1) is 0 Å². The van der Waals surface area contributed by atoms with Crippen LogP contribution >= 0.6 is 0 Å². The van der Waals surface area contributed by atoms with Gasteiger partial charge in [0.25, 0.3) is 0 Å². The molecule has 0 saturated carbocycles. The summed E-state index contributed by atoms with van der Waals surface area (Å²) >= 11 is 0. The molecule has 0 N–H and O–H groups in total. The predicted molar refractivity (Wildman–Crippen MR) is 40.4 cm³/mol. The van der Waals surface area contributed by atoms with Crippen LogP contribution in [0.5, 0.6) is 0 Å². The van der Waals surface area contributed by atoms with E-state index in [2.05, 4.69) is 0 Å². The number of aryl methyl sites for hydroxylation is 1. The van der Waals surface area contributed by atoms with E-state index in [9.17, 15) is 0 Å². The van der Waals surface area contributed by atoms with E-state index in [1.807, 2.05) is 6.07 Å². The van der Waals surface area contributed by atoms with E-state index in [-0.39, 0.29) is 0 Å². The third-order valence-corrected chi connectivity index (χ3v) is 1.15. The van der Waals surface area contributed by atoms with Crippen LogP contribution in [0.1, 0.15) is 14.7 Å². The van der Waals surface area contributed by atoms with Gasteiger partial charge in [0.2, 0.25) is 0 Å². The monoisotopic (exact) mass is 133 g/mol. The topological polar surface area (TPSA) is 23.8 Å². The third-order valence-electron chi connectivity index (χ3n) is 1.15. The predicted octanol–water partition coefficient (Wildman–Crippen LogP) is 2.14. The minimum atomic E-state index is -0.993. The lowest BCUT2D eigenvalue weighted by molar-refractivity contribution is 1.01. The largest absolute Gasteiger partial charge is 0.198 e. The number of nitriles is 1. The maximum absolute atomic E-state index is 8.41. The van der Waals surface area contributed by atoms with E-state index in [0.717, 1.165) is 5.56 Å². The van der Waals surface area contributed by atoms with Crippen LogP contribution < -0.4 is 0 Å². The van der Waals surface area contributed by atoms with Gasteiger partial charge in [-0.1, -0.05) is 30.3 Å². The van der Waals surface area contributed by atoms with Crippen LogP contribution in [-0.4, -0.2) is 0 Å². The summed E-state index contributed by atoms with van der Waals surface area (Å²) in [5.74, 6) is 0. The first-order chi connectivity index (χ1) is 5.75. The van der Waals surface area contributed by atoms with Crippen molar-refractivity contribution in [1.29, 1.82) is 5.26 Å². The van der Waals surface area contributed by atoms with Gasteiger partial charge < -0.3 is 0 Å². The Hall–Kier alpha value is -1.29. The highest BCUT2D eigenvalue weighted by atomic mass is 14.2. The summed E-state index contributed by atoms with van der Waals surface area (Å²) in [4.78, 5) is 0. The summed E-state index contributed by atoms with van der Waals surface area (Å²) in [5, 5.41) is 8.41. The lowest BCUT2D eigenvalue weighted by Crippen LogP contribution is -1.80. The second-order valence-electron chi connectivity index (χ2n) is 1.87. The molecule has 0 bridgehead atoms. The van der Waals surface area contributed by atoms with Gasteiger partial charge in [0, 0.05) is 9.14 Å². The van der Waals surface area contributed by atoms with Crippen LogP contribution in [0.4, 0.5) is 0 Å². The molecule has 0 aromatic heterocycles. The van der Waals surface area contributed by atoms with Gasteiger partial charge in [-0.2, -0.15) is 5.26 Å². The minimum absolute atomic E-state index is 0.721. The summed E-state index contributed by atoms with van der Waals surface area (Å²) in [6.07, 6.45) is -1.75. The van der Waals surface area contributed by atoms with Gasteiger partial charge in [0.05, 0.1) is 6.07 Å². The third kappa shape index (κ3) is 1.91. The molecule has 0 radical (unpaired) electrons. The molecule has 0 aliphatic heterocycles. The molecule has 1 aromatic rings. The zero-order valence-corrected chi connectivity index (χ0v) is 5.49. The summed E-state index contributed by atoms with van der Waals surface area (Å²) in [5.41, 5.74) is 0.721. The molecule has 2 unspecified atom stereocenters. The average Bonchev–Trinajstić information content (AvgIpc) is 2.17. The SMILES string of the molecule is [2H]C(C#N)C([2H])c1ccccc1. The van der Waals surface area contributed by atoms with Crippen molar-refractivity contribution in [3.05, 3.63) is 35.9 Å². The van der Waals surface area contributed by atoms with Crippen molar-refractivity contribution in [1.82, 2.24) is 0 Å². The normalized spacial score (nSPS) is 17.9. The fourth-order valence-corrected chi connectivity index (χ4v) is 0.698. The van der Waals surface area contributed by atoms with Crippen LogP contribution in [0.3, 0.4) is 0 Å². The summed E-state index contributed by atoms with van der Waals surface area (Å²) < 4.78 is 14.7. The molecule has 0 aliphatic carbocycles. The Labute approximate surface area is 63.7 Å². The highest BCUT2D eigenvalue weighted by Gasteiger charge is 1.87. The van der Waals surface area contributed by atoms with Gasteiger partial charge >= 0.3 is 0 Å². The molecule has 1 heteroatoms. The number of benzene rings is 1. The van der Waals surface area contributed by atoms with E-state index in [1.54, 1.807) is 30.3 Å². The van der Waals surface area contributed by atoms with E-state index in [0.29, 0.717) is 0 Å². The number of rotatable bonds is 2. The molecule has 0 heterocycles. The van der Waals surface area contributed by atoms with Crippen LogP contribution in [0.25, 0.3) is 0 Å². The lowest BCUT2D eigenvalue weighted by Gasteiger charge is -1.92. The molecular formula is C9H9N. The number of hydrogen-bond donors (Lipinski definition) is 0. The Morgan fingerprint density at radius 1 is 1.40 bits per heavy atom. The van der Waals surface area contributed by atoms with Gasteiger partial charge in [0.15, 0.2) is 0 Å². The van der Waals surface area contributed by atoms with Gasteiger partial charge in [-0.3, -0.25) is 0 Å². The second kappa shape index (κ2) is 3.68. The first kappa shape index (κ1) is 4.51. The zero-order chi connectivity index (χ0) is 8.97. The quantitative estimate of drug-likeness (QED) is 0.606. The van der Waals surface area contributed by atoms with Crippen LogP contribution in [0.15, 0.2) is 30.3 Å². The summed E-state index contributed by atoms with van der Waals surface area (Å²) in [6, 6.07) is 10.7. The average molecular weight is 133 g/mol. The number of nitrogens with zero attached hydrogens (tertiary/aromatic N) is 1. The maximum atomic E-state index is 8.41. The fourth-order valence-electron chi connectivity index (χ4n) is 0.698. The van der Waals surface area contributed by atoms with E-state index in [4.69, 9.17) is 8.00 Å². The lowest BCUT2D eigenvalue weighted by atomic mass is 10.1. The molecule has 10 heavy (non-hydrogen) atoms. The van der Waals surface area contributed by atoms with E-state index >= 15 is 0 Å². The van der Waals surface area contributed by atoms with Gasteiger partial charge in [-0.05, 0) is 12.0 Å². The molecular weight excluding hydrogens is 122 g/mol.